The zero-order valence-electron chi connectivity index (χ0n) is 11.9. The minimum atomic E-state index is -3.29. The van der Waals surface area contributed by atoms with Crippen molar-refractivity contribution in [1.82, 2.24) is 0 Å². The van der Waals surface area contributed by atoms with E-state index in [-0.39, 0.29) is 6.16 Å². The standard InChI is InChI=1S/C13H19O6P/c1-16-13(14)12-9-6-4-5-7-10(9)19-11(12)8-20(15,17-2)18-3/h4-8H2,1-3H3. The lowest BCUT2D eigenvalue weighted by molar-refractivity contribution is 0.0597. The predicted molar refractivity (Wildman–Crippen MR) is 72.0 cm³/mol. The molecule has 0 atom stereocenters. The normalized spacial score (nSPS) is 14.9. The molecule has 6 nitrogen and oxygen atoms in total. The minimum absolute atomic E-state index is 0.0720. The summed E-state index contributed by atoms with van der Waals surface area (Å²) in [4.78, 5) is 12.0. The lowest BCUT2D eigenvalue weighted by atomic mass is 9.95. The van der Waals surface area contributed by atoms with Crippen LogP contribution in [0.15, 0.2) is 4.42 Å². The lowest BCUT2D eigenvalue weighted by Gasteiger charge is -2.12. The van der Waals surface area contributed by atoms with E-state index >= 15 is 0 Å². The third-order valence-electron chi connectivity index (χ3n) is 3.53. The Balaban J connectivity index is 2.44. The molecule has 0 aliphatic heterocycles. The number of hydrogen-bond acceptors (Lipinski definition) is 6. The summed E-state index contributed by atoms with van der Waals surface area (Å²) in [6.07, 6.45) is 3.50. The maximum absolute atomic E-state index is 12.2. The van der Waals surface area contributed by atoms with E-state index in [0.717, 1.165) is 37.0 Å². The summed E-state index contributed by atoms with van der Waals surface area (Å²) in [7, 11) is 0.652. The number of hydrogen-bond donors (Lipinski definition) is 0. The van der Waals surface area contributed by atoms with Gasteiger partial charge in [0.05, 0.1) is 7.11 Å². The average Bonchev–Trinajstić information content (AvgIpc) is 2.83. The van der Waals surface area contributed by atoms with Crippen LogP contribution in [-0.4, -0.2) is 27.3 Å². The average molecular weight is 302 g/mol. The second-order valence-corrected chi connectivity index (χ2v) is 6.90. The molecule has 1 aliphatic rings. The molecule has 1 heterocycles. The second kappa shape index (κ2) is 6.12. The Hall–Kier alpha value is -1.10. The molecule has 2 rings (SSSR count). The van der Waals surface area contributed by atoms with E-state index in [0.29, 0.717) is 11.3 Å². The van der Waals surface area contributed by atoms with Gasteiger partial charge in [-0.3, -0.25) is 4.57 Å². The van der Waals surface area contributed by atoms with Crippen LogP contribution in [-0.2, 0) is 37.4 Å². The summed E-state index contributed by atoms with van der Waals surface area (Å²) in [6, 6.07) is 0. The zero-order valence-corrected chi connectivity index (χ0v) is 12.8. The largest absolute Gasteiger partial charge is 0.465 e. The fourth-order valence-corrected chi connectivity index (χ4v) is 3.43. The highest BCUT2D eigenvalue weighted by Gasteiger charge is 2.33. The van der Waals surface area contributed by atoms with Crippen LogP contribution in [0.5, 0.6) is 0 Å². The smallest absolute Gasteiger partial charge is 0.341 e. The number of furan rings is 1. The van der Waals surface area contributed by atoms with Gasteiger partial charge in [-0.15, -0.1) is 0 Å². The number of methoxy groups -OCH3 is 1. The number of fused-ring (bicyclic) bond motifs is 1. The van der Waals surface area contributed by atoms with Crippen molar-refractivity contribution in [2.24, 2.45) is 0 Å². The van der Waals surface area contributed by atoms with Crippen molar-refractivity contribution < 1.29 is 27.6 Å². The molecule has 0 bridgehead atoms. The molecule has 0 saturated carbocycles. The van der Waals surface area contributed by atoms with Gasteiger partial charge in [-0.25, -0.2) is 4.79 Å². The molecule has 1 aliphatic carbocycles. The van der Waals surface area contributed by atoms with Gasteiger partial charge in [0, 0.05) is 26.2 Å². The molecule has 112 valence electrons. The second-order valence-electron chi connectivity index (χ2n) is 4.63. The molecule has 0 unspecified atom stereocenters. The number of carbonyl (C=O) groups excluding carboxylic acids is 1. The summed E-state index contributed by atoms with van der Waals surface area (Å²) in [5.41, 5.74) is 1.26. The number of carbonyl (C=O) groups is 1. The minimum Gasteiger partial charge on any atom is -0.465 e. The summed E-state index contributed by atoms with van der Waals surface area (Å²) in [5.74, 6) is 0.645. The quantitative estimate of drug-likeness (QED) is 0.615. The van der Waals surface area contributed by atoms with Crippen molar-refractivity contribution in [1.29, 1.82) is 0 Å². The molecular formula is C13H19O6P. The number of rotatable bonds is 5. The van der Waals surface area contributed by atoms with E-state index in [1.165, 1.54) is 21.3 Å². The van der Waals surface area contributed by atoms with E-state index in [1.54, 1.807) is 0 Å². The lowest BCUT2D eigenvalue weighted by Crippen LogP contribution is -2.09. The number of esters is 1. The summed E-state index contributed by atoms with van der Waals surface area (Å²) < 4.78 is 32.6. The molecule has 0 saturated heterocycles. The highest BCUT2D eigenvalue weighted by atomic mass is 31.2. The molecular weight excluding hydrogens is 283 g/mol. The monoisotopic (exact) mass is 302 g/mol. The van der Waals surface area contributed by atoms with Gasteiger partial charge in [-0.2, -0.15) is 0 Å². The van der Waals surface area contributed by atoms with Crippen LogP contribution in [0, 0.1) is 0 Å². The fourth-order valence-electron chi connectivity index (χ4n) is 2.45. The SMILES string of the molecule is COC(=O)c1c(CP(=O)(OC)OC)oc2c1CCCC2. The van der Waals surface area contributed by atoms with Crippen LogP contribution >= 0.6 is 7.60 Å². The predicted octanol–water partition coefficient (Wildman–Crippen LogP) is 2.93. The Morgan fingerprint density at radius 3 is 2.45 bits per heavy atom. The van der Waals surface area contributed by atoms with Crippen LogP contribution < -0.4 is 0 Å². The van der Waals surface area contributed by atoms with E-state index in [1.807, 2.05) is 0 Å². The summed E-state index contributed by atoms with van der Waals surface area (Å²) in [6.45, 7) is 0. The van der Waals surface area contributed by atoms with E-state index in [9.17, 15) is 9.36 Å². The Kier molecular flexibility index (Phi) is 4.68. The van der Waals surface area contributed by atoms with Crippen LogP contribution in [0.3, 0.4) is 0 Å². The van der Waals surface area contributed by atoms with Crippen molar-refractivity contribution in [3.05, 3.63) is 22.6 Å². The first kappa shape index (κ1) is 15.3. The molecule has 20 heavy (non-hydrogen) atoms. The first-order chi connectivity index (χ1) is 9.54. The highest BCUT2D eigenvalue weighted by Crippen LogP contribution is 2.51. The fraction of sp³-hybridized carbons (Fsp3) is 0.615. The van der Waals surface area contributed by atoms with Crippen LogP contribution in [0.2, 0.25) is 0 Å². The van der Waals surface area contributed by atoms with Gasteiger partial charge >= 0.3 is 13.6 Å². The van der Waals surface area contributed by atoms with Crippen LogP contribution in [0.1, 0.15) is 40.3 Å². The molecule has 0 aromatic carbocycles. The Bertz CT molecular complexity index is 539. The van der Waals surface area contributed by atoms with Crippen molar-refractivity contribution in [3.63, 3.8) is 0 Å². The molecule has 0 N–H and O–H groups in total. The number of aryl methyl sites for hydroxylation is 1. The van der Waals surface area contributed by atoms with Gasteiger partial charge < -0.3 is 18.2 Å². The van der Waals surface area contributed by atoms with Gasteiger partial charge in [0.2, 0.25) is 0 Å². The first-order valence-corrected chi connectivity index (χ1v) is 8.19. The first-order valence-electron chi connectivity index (χ1n) is 6.47. The third kappa shape index (κ3) is 2.82. The van der Waals surface area contributed by atoms with Gasteiger partial charge in [-0.1, -0.05) is 0 Å². The van der Waals surface area contributed by atoms with E-state index < -0.39 is 13.6 Å². The Labute approximate surface area is 117 Å². The third-order valence-corrected chi connectivity index (χ3v) is 5.31. The summed E-state index contributed by atoms with van der Waals surface area (Å²) >= 11 is 0. The van der Waals surface area contributed by atoms with Crippen molar-refractivity contribution in [3.8, 4) is 0 Å². The molecule has 7 heteroatoms. The highest BCUT2D eigenvalue weighted by molar-refractivity contribution is 7.52. The molecule has 0 amide bonds. The van der Waals surface area contributed by atoms with Gasteiger partial charge in [0.25, 0.3) is 0 Å². The van der Waals surface area contributed by atoms with Crippen LogP contribution in [0.25, 0.3) is 0 Å². The van der Waals surface area contributed by atoms with E-state index in [2.05, 4.69) is 0 Å². The van der Waals surface area contributed by atoms with E-state index in [4.69, 9.17) is 18.2 Å². The van der Waals surface area contributed by atoms with Gasteiger partial charge in [0.1, 0.15) is 23.2 Å². The summed E-state index contributed by atoms with van der Waals surface area (Å²) in [5, 5.41) is 0. The van der Waals surface area contributed by atoms with Crippen molar-refractivity contribution >= 4 is 13.6 Å². The van der Waals surface area contributed by atoms with Crippen molar-refractivity contribution in [2.75, 3.05) is 21.3 Å². The molecule has 0 fully saturated rings. The van der Waals surface area contributed by atoms with Gasteiger partial charge in [0.15, 0.2) is 0 Å². The Morgan fingerprint density at radius 2 is 1.85 bits per heavy atom. The maximum atomic E-state index is 12.2. The number of ether oxygens (including phenoxy) is 1. The molecule has 1 aromatic rings. The van der Waals surface area contributed by atoms with Crippen LogP contribution in [0.4, 0.5) is 0 Å². The molecule has 1 aromatic heterocycles. The van der Waals surface area contributed by atoms with Crippen molar-refractivity contribution in [2.45, 2.75) is 31.8 Å². The van der Waals surface area contributed by atoms with Gasteiger partial charge in [-0.05, 0) is 19.3 Å². The maximum Gasteiger partial charge on any atom is 0.341 e. The molecule has 0 spiro atoms. The zero-order chi connectivity index (χ0) is 14.8. The Morgan fingerprint density at radius 1 is 1.20 bits per heavy atom. The topological polar surface area (TPSA) is 75.0 Å². The molecule has 0 radical (unpaired) electrons.